The summed E-state index contributed by atoms with van der Waals surface area (Å²) in [7, 11) is 2.18. The average molecular weight is 125 g/mol. The van der Waals surface area contributed by atoms with Crippen molar-refractivity contribution in [3.63, 3.8) is 0 Å². The standard InChI is InChI=1S/C8H15N/c1-7-4-5-9(3)8(2)6-7/h8H,1,4-6H2,2-3H3/t8-/m0/s1. The summed E-state index contributed by atoms with van der Waals surface area (Å²) in [4.78, 5) is 2.38. The molecule has 1 heterocycles. The van der Waals surface area contributed by atoms with Crippen LogP contribution in [-0.2, 0) is 0 Å². The van der Waals surface area contributed by atoms with E-state index in [-0.39, 0.29) is 0 Å². The highest BCUT2D eigenvalue weighted by molar-refractivity contribution is 5.01. The van der Waals surface area contributed by atoms with Gasteiger partial charge in [0.25, 0.3) is 0 Å². The topological polar surface area (TPSA) is 3.24 Å². The Morgan fingerprint density at radius 1 is 1.67 bits per heavy atom. The summed E-state index contributed by atoms with van der Waals surface area (Å²) in [5, 5.41) is 0. The third-order valence-corrected chi connectivity index (χ3v) is 2.15. The van der Waals surface area contributed by atoms with Gasteiger partial charge >= 0.3 is 0 Å². The van der Waals surface area contributed by atoms with Crippen molar-refractivity contribution >= 4 is 0 Å². The zero-order valence-electron chi connectivity index (χ0n) is 6.35. The zero-order chi connectivity index (χ0) is 6.85. The van der Waals surface area contributed by atoms with E-state index in [0.29, 0.717) is 6.04 Å². The Bertz CT molecular complexity index is 118. The first-order valence-electron chi connectivity index (χ1n) is 3.57. The first-order valence-corrected chi connectivity index (χ1v) is 3.57. The quantitative estimate of drug-likeness (QED) is 0.445. The van der Waals surface area contributed by atoms with E-state index < -0.39 is 0 Å². The molecule has 1 rings (SSSR count). The van der Waals surface area contributed by atoms with E-state index in [2.05, 4.69) is 25.5 Å². The van der Waals surface area contributed by atoms with Gasteiger partial charge in [-0.25, -0.2) is 0 Å². The highest BCUT2D eigenvalue weighted by Gasteiger charge is 2.15. The monoisotopic (exact) mass is 125 g/mol. The smallest absolute Gasteiger partial charge is 0.0101 e. The first-order chi connectivity index (χ1) is 4.20. The van der Waals surface area contributed by atoms with Gasteiger partial charge in [-0.1, -0.05) is 12.2 Å². The van der Waals surface area contributed by atoms with Crippen LogP contribution < -0.4 is 0 Å². The van der Waals surface area contributed by atoms with Crippen molar-refractivity contribution in [3.8, 4) is 0 Å². The number of piperidine rings is 1. The SMILES string of the molecule is C=C1CCN(C)[C@@H](C)C1. The van der Waals surface area contributed by atoms with Gasteiger partial charge < -0.3 is 4.90 Å². The lowest BCUT2D eigenvalue weighted by Crippen LogP contribution is -2.34. The Morgan fingerprint density at radius 3 is 2.78 bits per heavy atom. The molecule has 1 fully saturated rings. The fourth-order valence-electron chi connectivity index (χ4n) is 1.23. The summed E-state index contributed by atoms with van der Waals surface area (Å²) in [6.45, 7) is 7.42. The van der Waals surface area contributed by atoms with Gasteiger partial charge in [-0.3, -0.25) is 0 Å². The zero-order valence-corrected chi connectivity index (χ0v) is 6.35. The molecule has 1 heteroatoms. The van der Waals surface area contributed by atoms with Crippen molar-refractivity contribution in [2.45, 2.75) is 25.8 Å². The average Bonchev–Trinajstić information content (AvgIpc) is 1.80. The van der Waals surface area contributed by atoms with Crippen LogP contribution in [0.2, 0.25) is 0 Å². The lowest BCUT2D eigenvalue weighted by atomic mass is 10.0. The minimum Gasteiger partial charge on any atom is -0.303 e. The molecule has 0 aromatic rings. The van der Waals surface area contributed by atoms with Crippen molar-refractivity contribution in [2.24, 2.45) is 0 Å². The van der Waals surface area contributed by atoms with Gasteiger partial charge in [0, 0.05) is 12.6 Å². The fraction of sp³-hybridized carbons (Fsp3) is 0.750. The van der Waals surface area contributed by atoms with E-state index in [1.54, 1.807) is 0 Å². The summed E-state index contributed by atoms with van der Waals surface area (Å²) >= 11 is 0. The van der Waals surface area contributed by atoms with E-state index in [1.807, 2.05) is 0 Å². The predicted molar refractivity (Wildman–Crippen MR) is 40.5 cm³/mol. The molecule has 1 atom stereocenters. The van der Waals surface area contributed by atoms with Crippen molar-refractivity contribution in [3.05, 3.63) is 12.2 Å². The predicted octanol–water partition coefficient (Wildman–Crippen LogP) is 1.66. The van der Waals surface area contributed by atoms with Crippen LogP contribution in [0.25, 0.3) is 0 Å². The molecule has 0 saturated carbocycles. The van der Waals surface area contributed by atoms with Crippen LogP contribution in [-0.4, -0.2) is 24.5 Å². The minimum absolute atomic E-state index is 0.714. The Kier molecular flexibility index (Phi) is 1.91. The molecule has 9 heavy (non-hydrogen) atoms. The van der Waals surface area contributed by atoms with Gasteiger partial charge in [0.2, 0.25) is 0 Å². The molecule has 0 bridgehead atoms. The lowest BCUT2D eigenvalue weighted by molar-refractivity contribution is 0.232. The van der Waals surface area contributed by atoms with Crippen molar-refractivity contribution in [1.82, 2.24) is 4.90 Å². The van der Waals surface area contributed by atoms with Gasteiger partial charge in [-0.15, -0.1) is 0 Å². The first kappa shape index (κ1) is 6.81. The van der Waals surface area contributed by atoms with Crippen LogP contribution in [0, 0.1) is 0 Å². The lowest BCUT2D eigenvalue weighted by Gasteiger charge is -2.30. The van der Waals surface area contributed by atoms with E-state index in [4.69, 9.17) is 0 Å². The van der Waals surface area contributed by atoms with Crippen LogP contribution in [0.15, 0.2) is 12.2 Å². The highest BCUT2D eigenvalue weighted by Crippen LogP contribution is 2.17. The molecule has 0 N–H and O–H groups in total. The number of likely N-dealkylation sites (tertiary alicyclic amines) is 1. The maximum Gasteiger partial charge on any atom is 0.0101 e. The Labute approximate surface area is 57.4 Å². The summed E-state index contributed by atoms with van der Waals surface area (Å²) < 4.78 is 0. The van der Waals surface area contributed by atoms with Crippen molar-refractivity contribution < 1.29 is 0 Å². The van der Waals surface area contributed by atoms with Crippen molar-refractivity contribution in [1.29, 1.82) is 0 Å². The third kappa shape index (κ3) is 1.55. The van der Waals surface area contributed by atoms with E-state index in [1.165, 1.54) is 25.0 Å². The van der Waals surface area contributed by atoms with Crippen LogP contribution in [0.1, 0.15) is 19.8 Å². The molecule has 1 nitrogen and oxygen atoms in total. The number of rotatable bonds is 0. The van der Waals surface area contributed by atoms with Crippen LogP contribution in [0.5, 0.6) is 0 Å². The molecular formula is C8H15N. The molecule has 0 amide bonds. The molecule has 0 radical (unpaired) electrons. The molecule has 1 aliphatic rings. The minimum atomic E-state index is 0.714. The molecule has 52 valence electrons. The highest BCUT2D eigenvalue weighted by atomic mass is 15.1. The van der Waals surface area contributed by atoms with Gasteiger partial charge in [-0.2, -0.15) is 0 Å². The summed E-state index contributed by atoms with van der Waals surface area (Å²) in [5.41, 5.74) is 1.42. The van der Waals surface area contributed by atoms with Crippen LogP contribution in [0.3, 0.4) is 0 Å². The molecule has 0 aromatic carbocycles. The van der Waals surface area contributed by atoms with Gasteiger partial charge in [0.15, 0.2) is 0 Å². The van der Waals surface area contributed by atoms with E-state index in [0.717, 1.165) is 0 Å². The third-order valence-electron chi connectivity index (χ3n) is 2.15. The van der Waals surface area contributed by atoms with E-state index in [9.17, 15) is 0 Å². The van der Waals surface area contributed by atoms with Crippen LogP contribution in [0.4, 0.5) is 0 Å². The summed E-state index contributed by atoms with van der Waals surface area (Å²) in [6, 6.07) is 0.714. The fourth-order valence-corrected chi connectivity index (χ4v) is 1.23. The second kappa shape index (κ2) is 2.53. The Hall–Kier alpha value is -0.300. The van der Waals surface area contributed by atoms with Gasteiger partial charge in [0.1, 0.15) is 0 Å². The molecule has 0 spiro atoms. The summed E-state index contributed by atoms with van der Waals surface area (Å²) in [5.74, 6) is 0. The summed E-state index contributed by atoms with van der Waals surface area (Å²) in [6.07, 6.45) is 2.39. The Morgan fingerprint density at radius 2 is 2.33 bits per heavy atom. The van der Waals surface area contributed by atoms with Gasteiger partial charge in [0.05, 0.1) is 0 Å². The maximum atomic E-state index is 3.97. The van der Waals surface area contributed by atoms with E-state index >= 15 is 0 Å². The van der Waals surface area contributed by atoms with Gasteiger partial charge in [-0.05, 0) is 26.8 Å². The maximum absolute atomic E-state index is 3.97. The second-order valence-electron chi connectivity index (χ2n) is 3.03. The molecule has 0 aliphatic carbocycles. The molecule has 0 aromatic heterocycles. The molecule has 0 unspecified atom stereocenters. The van der Waals surface area contributed by atoms with Crippen LogP contribution >= 0.6 is 0 Å². The molecule has 1 aliphatic heterocycles. The largest absolute Gasteiger partial charge is 0.303 e. The molecule has 1 saturated heterocycles. The number of nitrogens with zero attached hydrogens (tertiary/aromatic N) is 1. The second-order valence-corrected chi connectivity index (χ2v) is 3.03. The number of hydrogen-bond donors (Lipinski definition) is 0. The van der Waals surface area contributed by atoms with Crippen molar-refractivity contribution in [2.75, 3.05) is 13.6 Å². The Balaban J connectivity index is 2.44. The normalized spacial score (nSPS) is 30.9. The number of hydrogen-bond acceptors (Lipinski definition) is 1. The molecular weight excluding hydrogens is 110 g/mol.